The third kappa shape index (κ3) is 6.59. The van der Waals surface area contributed by atoms with Gasteiger partial charge < -0.3 is 14.8 Å². The minimum Gasteiger partial charge on any atom is -0.494 e. The SMILES string of the molecule is CCCCCCOc1ccc(C(=O)Oc2ccc(NC(C)=O)cc2)cc1. The molecule has 2 rings (SSSR count). The van der Waals surface area contributed by atoms with Gasteiger partial charge in [-0.3, -0.25) is 4.79 Å². The lowest BCUT2D eigenvalue weighted by molar-refractivity contribution is -0.114. The minimum absolute atomic E-state index is 0.151. The van der Waals surface area contributed by atoms with Gasteiger partial charge in [0.2, 0.25) is 5.91 Å². The first-order valence-electron chi connectivity index (χ1n) is 8.91. The van der Waals surface area contributed by atoms with Crippen molar-refractivity contribution in [3.05, 3.63) is 54.1 Å². The predicted molar refractivity (Wildman–Crippen MR) is 102 cm³/mol. The van der Waals surface area contributed by atoms with Crippen LogP contribution < -0.4 is 14.8 Å². The second-order valence-electron chi connectivity index (χ2n) is 6.03. The van der Waals surface area contributed by atoms with Crippen molar-refractivity contribution in [1.82, 2.24) is 0 Å². The first-order chi connectivity index (χ1) is 12.6. The molecule has 138 valence electrons. The smallest absolute Gasteiger partial charge is 0.343 e. The van der Waals surface area contributed by atoms with E-state index in [9.17, 15) is 9.59 Å². The van der Waals surface area contributed by atoms with Gasteiger partial charge in [-0.1, -0.05) is 26.2 Å². The summed E-state index contributed by atoms with van der Waals surface area (Å²) in [5.74, 6) is 0.576. The Kier molecular flexibility index (Phi) is 7.68. The second kappa shape index (κ2) is 10.2. The summed E-state index contributed by atoms with van der Waals surface area (Å²) in [4.78, 5) is 23.2. The van der Waals surface area contributed by atoms with Crippen LogP contribution in [0.4, 0.5) is 5.69 Å². The maximum atomic E-state index is 12.2. The summed E-state index contributed by atoms with van der Waals surface area (Å²) in [6.07, 6.45) is 4.63. The van der Waals surface area contributed by atoms with Gasteiger partial charge in [0.1, 0.15) is 11.5 Å². The second-order valence-corrected chi connectivity index (χ2v) is 6.03. The number of ether oxygens (including phenoxy) is 2. The van der Waals surface area contributed by atoms with Crippen molar-refractivity contribution in [2.45, 2.75) is 39.5 Å². The molecule has 0 aliphatic heterocycles. The Morgan fingerprint density at radius 3 is 2.15 bits per heavy atom. The summed E-state index contributed by atoms with van der Waals surface area (Å²) in [6.45, 7) is 4.30. The molecule has 0 aliphatic rings. The van der Waals surface area contributed by atoms with E-state index >= 15 is 0 Å². The van der Waals surface area contributed by atoms with Gasteiger partial charge in [-0.2, -0.15) is 0 Å². The molecule has 0 heterocycles. The number of carbonyl (C=O) groups excluding carboxylic acids is 2. The van der Waals surface area contributed by atoms with Crippen LogP contribution in [-0.2, 0) is 4.79 Å². The maximum Gasteiger partial charge on any atom is 0.343 e. The molecule has 0 fully saturated rings. The molecule has 0 aliphatic carbocycles. The Bertz CT molecular complexity index is 708. The summed E-state index contributed by atoms with van der Waals surface area (Å²) in [6, 6.07) is 13.6. The van der Waals surface area contributed by atoms with Crippen molar-refractivity contribution < 1.29 is 19.1 Å². The molecule has 1 N–H and O–H groups in total. The number of benzene rings is 2. The molecule has 2 aromatic rings. The summed E-state index contributed by atoms with van der Waals surface area (Å²) < 4.78 is 11.0. The Morgan fingerprint density at radius 2 is 1.54 bits per heavy atom. The topological polar surface area (TPSA) is 64.6 Å². The largest absolute Gasteiger partial charge is 0.494 e. The lowest BCUT2D eigenvalue weighted by Crippen LogP contribution is -2.09. The van der Waals surface area contributed by atoms with Gasteiger partial charge in [-0.15, -0.1) is 0 Å². The van der Waals surface area contributed by atoms with Crippen LogP contribution in [0.5, 0.6) is 11.5 Å². The van der Waals surface area contributed by atoms with Crippen molar-refractivity contribution in [2.75, 3.05) is 11.9 Å². The Labute approximate surface area is 154 Å². The van der Waals surface area contributed by atoms with E-state index in [4.69, 9.17) is 9.47 Å². The number of rotatable bonds is 9. The molecule has 5 nitrogen and oxygen atoms in total. The molecule has 26 heavy (non-hydrogen) atoms. The van der Waals surface area contributed by atoms with Crippen LogP contribution in [0.2, 0.25) is 0 Å². The Balaban J connectivity index is 1.84. The third-order valence-electron chi connectivity index (χ3n) is 3.74. The minimum atomic E-state index is -0.438. The average Bonchev–Trinajstić information content (AvgIpc) is 2.63. The molecule has 0 aromatic heterocycles. The molecule has 0 bridgehead atoms. The highest BCUT2D eigenvalue weighted by atomic mass is 16.5. The fraction of sp³-hybridized carbons (Fsp3) is 0.333. The van der Waals surface area contributed by atoms with Gasteiger partial charge in [0.05, 0.1) is 12.2 Å². The zero-order valence-electron chi connectivity index (χ0n) is 15.3. The fourth-order valence-corrected chi connectivity index (χ4v) is 2.38. The molecule has 2 aromatic carbocycles. The molecule has 0 saturated carbocycles. The molecule has 0 atom stereocenters. The normalized spacial score (nSPS) is 10.2. The zero-order chi connectivity index (χ0) is 18.8. The van der Waals surface area contributed by atoms with Gasteiger partial charge in [0, 0.05) is 12.6 Å². The highest BCUT2D eigenvalue weighted by Crippen LogP contribution is 2.18. The number of amides is 1. The van der Waals surface area contributed by atoms with Gasteiger partial charge in [-0.25, -0.2) is 4.79 Å². The van der Waals surface area contributed by atoms with E-state index in [2.05, 4.69) is 12.2 Å². The third-order valence-corrected chi connectivity index (χ3v) is 3.74. The predicted octanol–water partition coefficient (Wildman–Crippen LogP) is 4.82. The Morgan fingerprint density at radius 1 is 0.885 bits per heavy atom. The molecule has 0 radical (unpaired) electrons. The van der Waals surface area contributed by atoms with E-state index in [1.807, 2.05) is 0 Å². The van der Waals surface area contributed by atoms with E-state index in [1.165, 1.54) is 26.2 Å². The number of hydrogen-bond acceptors (Lipinski definition) is 4. The summed E-state index contributed by atoms with van der Waals surface area (Å²) >= 11 is 0. The van der Waals surface area contributed by atoms with E-state index in [-0.39, 0.29) is 5.91 Å². The van der Waals surface area contributed by atoms with Crippen LogP contribution in [0.1, 0.15) is 49.9 Å². The molecule has 0 spiro atoms. The molecule has 0 saturated heterocycles. The van der Waals surface area contributed by atoms with Crippen LogP contribution in [0.15, 0.2) is 48.5 Å². The van der Waals surface area contributed by atoms with Crippen molar-refractivity contribution in [3.8, 4) is 11.5 Å². The van der Waals surface area contributed by atoms with Crippen LogP contribution >= 0.6 is 0 Å². The molecular formula is C21H25NO4. The quantitative estimate of drug-likeness (QED) is 0.398. The van der Waals surface area contributed by atoms with Gasteiger partial charge in [0.15, 0.2) is 0 Å². The lowest BCUT2D eigenvalue weighted by Gasteiger charge is -2.08. The number of anilines is 1. The van der Waals surface area contributed by atoms with E-state index in [1.54, 1.807) is 48.5 Å². The van der Waals surface area contributed by atoms with Crippen LogP contribution in [0.25, 0.3) is 0 Å². The standard InChI is InChI=1S/C21H25NO4/c1-3-4-5-6-15-25-19-11-7-17(8-12-19)21(24)26-20-13-9-18(10-14-20)22-16(2)23/h7-14H,3-6,15H2,1-2H3,(H,22,23). The number of carbonyl (C=O) groups is 2. The first kappa shape index (κ1) is 19.5. The molecule has 0 unspecified atom stereocenters. The lowest BCUT2D eigenvalue weighted by atomic mass is 10.2. The van der Waals surface area contributed by atoms with E-state index in [0.29, 0.717) is 23.6 Å². The highest BCUT2D eigenvalue weighted by Gasteiger charge is 2.09. The summed E-state index contributed by atoms with van der Waals surface area (Å²) in [5, 5.41) is 2.66. The maximum absolute atomic E-state index is 12.2. The van der Waals surface area contributed by atoms with E-state index < -0.39 is 5.97 Å². The van der Waals surface area contributed by atoms with Crippen molar-refractivity contribution >= 4 is 17.6 Å². The summed E-state index contributed by atoms with van der Waals surface area (Å²) in [7, 11) is 0. The van der Waals surface area contributed by atoms with Crippen LogP contribution in [-0.4, -0.2) is 18.5 Å². The van der Waals surface area contributed by atoms with Crippen molar-refractivity contribution in [3.63, 3.8) is 0 Å². The Hall–Kier alpha value is -2.82. The van der Waals surface area contributed by atoms with E-state index in [0.717, 1.165) is 12.2 Å². The van der Waals surface area contributed by atoms with Gasteiger partial charge >= 0.3 is 5.97 Å². The van der Waals surface area contributed by atoms with Crippen molar-refractivity contribution in [1.29, 1.82) is 0 Å². The number of unbranched alkanes of at least 4 members (excludes halogenated alkanes) is 3. The number of esters is 1. The van der Waals surface area contributed by atoms with Crippen LogP contribution in [0.3, 0.4) is 0 Å². The zero-order valence-corrected chi connectivity index (χ0v) is 15.3. The molecule has 5 heteroatoms. The fourth-order valence-electron chi connectivity index (χ4n) is 2.38. The summed E-state index contributed by atoms with van der Waals surface area (Å²) in [5.41, 5.74) is 1.10. The monoisotopic (exact) mass is 355 g/mol. The number of hydrogen-bond donors (Lipinski definition) is 1. The average molecular weight is 355 g/mol. The first-order valence-corrected chi connectivity index (χ1v) is 8.91. The highest BCUT2D eigenvalue weighted by molar-refractivity contribution is 5.91. The van der Waals surface area contributed by atoms with Crippen molar-refractivity contribution in [2.24, 2.45) is 0 Å². The van der Waals surface area contributed by atoms with Crippen LogP contribution in [0, 0.1) is 0 Å². The molecular weight excluding hydrogens is 330 g/mol. The number of nitrogens with one attached hydrogen (secondary N) is 1. The molecule has 1 amide bonds. The van der Waals surface area contributed by atoms with Gasteiger partial charge in [0.25, 0.3) is 0 Å². The van der Waals surface area contributed by atoms with Gasteiger partial charge in [-0.05, 0) is 55.0 Å².